The van der Waals surface area contributed by atoms with Crippen molar-refractivity contribution in [1.82, 2.24) is 9.88 Å². The second kappa shape index (κ2) is 6.00. The topological polar surface area (TPSA) is 45.3 Å². The molecule has 1 unspecified atom stereocenters. The van der Waals surface area contributed by atoms with Gasteiger partial charge in [0.1, 0.15) is 0 Å². The average molecular weight is 312 g/mol. The molecule has 0 bridgehead atoms. The summed E-state index contributed by atoms with van der Waals surface area (Å²) in [6.45, 7) is 2.40. The van der Waals surface area contributed by atoms with E-state index in [1.807, 2.05) is 11.0 Å². The van der Waals surface area contributed by atoms with Crippen LogP contribution in [0, 0.1) is 5.92 Å². The molecule has 1 fully saturated rings. The van der Waals surface area contributed by atoms with Crippen LogP contribution in [0.1, 0.15) is 40.9 Å². The Labute approximate surface area is 136 Å². The Balaban J connectivity index is 1.60. The summed E-state index contributed by atoms with van der Waals surface area (Å²) in [7, 11) is 1.73. The van der Waals surface area contributed by atoms with E-state index in [-0.39, 0.29) is 5.91 Å². The van der Waals surface area contributed by atoms with E-state index in [4.69, 9.17) is 4.74 Å². The van der Waals surface area contributed by atoms with Gasteiger partial charge in [-0.1, -0.05) is 0 Å². The monoisotopic (exact) mass is 312 g/mol. The third-order valence-electron chi connectivity index (χ3n) is 5.32. The Morgan fingerprint density at radius 1 is 1.35 bits per heavy atom. The number of rotatable bonds is 3. The van der Waals surface area contributed by atoms with E-state index in [0.717, 1.165) is 44.5 Å². The van der Waals surface area contributed by atoms with Crippen molar-refractivity contribution in [2.24, 2.45) is 5.92 Å². The lowest BCUT2D eigenvalue weighted by molar-refractivity contribution is 0.0775. The van der Waals surface area contributed by atoms with Crippen LogP contribution < -0.4 is 0 Å². The maximum absolute atomic E-state index is 12.8. The zero-order valence-corrected chi connectivity index (χ0v) is 13.7. The maximum Gasteiger partial charge on any atom is 0.253 e. The van der Waals surface area contributed by atoms with Crippen LogP contribution >= 0.6 is 0 Å². The zero-order chi connectivity index (χ0) is 15.8. The first-order valence-electron chi connectivity index (χ1n) is 8.68. The summed E-state index contributed by atoms with van der Waals surface area (Å²) >= 11 is 0. The molecule has 1 N–H and O–H groups in total. The number of hydrogen-bond donors (Lipinski definition) is 1. The summed E-state index contributed by atoms with van der Waals surface area (Å²) in [6, 6.07) is 6.14. The Bertz CT molecular complexity index is 734. The highest BCUT2D eigenvalue weighted by atomic mass is 16.5. The van der Waals surface area contributed by atoms with Gasteiger partial charge in [0, 0.05) is 48.3 Å². The molecule has 0 radical (unpaired) electrons. The molecule has 23 heavy (non-hydrogen) atoms. The van der Waals surface area contributed by atoms with Crippen LogP contribution in [-0.2, 0) is 17.6 Å². The molecule has 0 spiro atoms. The van der Waals surface area contributed by atoms with E-state index in [1.165, 1.54) is 35.0 Å². The number of nitrogens with one attached hydrogen (secondary N) is 1. The van der Waals surface area contributed by atoms with Crippen molar-refractivity contribution in [2.45, 2.75) is 32.1 Å². The third kappa shape index (κ3) is 2.65. The summed E-state index contributed by atoms with van der Waals surface area (Å²) in [6.07, 6.45) is 5.83. The Hall–Kier alpha value is -1.81. The molecule has 4 nitrogen and oxygen atoms in total. The summed E-state index contributed by atoms with van der Waals surface area (Å²) in [5.74, 6) is 0.643. The highest BCUT2D eigenvalue weighted by Gasteiger charge is 2.27. The lowest BCUT2D eigenvalue weighted by Gasteiger charge is -2.17. The largest absolute Gasteiger partial charge is 0.384 e. The summed E-state index contributed by atoms with van der Waals surface area (Å²) in [5, 5.41) is 1.25. The molecular weight excluding hydrogens is 288 g/mol. The molecule has 2 aliphatic rings. The minimum atomic E-state index is 0.163. The van der Waals surface area contributed by atoms with Crippen molar-refractivity contribution in [2.75, 3.05) is 26.8 Å². The standard InChI is InChI=1S/C19H24N2O2/c1-23-12-13-8-9-21(11-13)19(22)14-6-7-18-16(10-14)15-4-2-3-5-17(15)20-18/h6-7,10,13,20H,2-5,8-9,11-12H2,1H3. The maximum atomic E-state index is 12.8. The van der Waals surface area contributed by atoms with E-state index < -0.39 is 0 Å². The SMILES string of the molecule is COCC1CCN(C(=O)c2ccc3[nH]c4c(c3c2)CCCC4)C1. The van der Waals surface area contributed by atoms with Crippen LogP contribution in [0.15, 0.2) is 18.2 Å². The molecule has 4 heteroatoms. The number of carbonyl (C=O) groups is 1. The van der Waals surface area contributed by atoms with E-state index in [9.17, 15) is 4.79 Å². The van der Waals surface area contributed by atoms with Gasteiger partial charge in [0.2, 0.25) is 0 Å². The lowest BCUT2D eigenvalue weighted by atomic mass is 9.95. The van der Waals surface area contributed by atoms with Gasteiger partial charge in [-0.25, -0.2) is 0 Å². The van der Waals surface area contributed by atoms with Gasteiger partial charge in [0.05, 0.1) is 6.61 Å². The van der Waals surface area contributed by atoms with Gasteiger partial charge in [-0.3, -0.25) is 4.79 Å². The van der Waals surface area contributed by atoms with Crippen molar-refractivity contribution in [3.05, 3.63) is 35.0 Å². The van der Waals surface area contributed by atoms with Crippen LogP contribution in [0.4, 0.5) is 0 Å². The number of fused-ring (bicyclic) bond motifs is 3. The van der Waals surface area contributed by atoms with E-state index >= 15 is 0 Å². The van der Waals surface area contributed by atoms with Gasteiger partial charge in [-0.15, -0.1) is 0 Å². The number of carbonyl (C=O) groups excluding carboxylic acids is 1. The number of H-pyrrole nitrogens is 1. The van der Waals surface area contributed by atoms with Crippen LogP contribution in [-0.4, -0.2) is 42.6 Å². The minimum absolute atomic E-state index is 0.163. The van der Waals surface area contributed by atoms with E-state index in [0.29, 0.717) is 5.92 Å². The predicted octanol–water partition coefficient (Wildman–Crippen LogP) is 3.16. The highest BCUT2D eigenvalue weighted by Crippen LogP contribution is 2.30. The molecule has 0 saturated carbocycles. The number of methoxy groups -OCH3 is 1. The summed E-state index contributed by atoms with van der Waals surface area (Å²) < 4.78 is 5.23. The average Bonchev–Trinajstić information content (AvgIpc) is 3.18. The number of aryl methyl sites for hydroxylation is 2. The molecule has 1 aliphatic carbocycles. The van der Waals surface area contributed by atoms with Gasteiger partial charge in [0.25, 0.3) is 5.91 Å². The normalized spacial score (nSPS) is 20.9. The van der Waals surface area contributed by atoms with Gasteiger partial charge in [-0.05, 0) is 55.9 Å². The number of nitrogens with zero attached hydrogens (tertiary/aromatic N) is 1. The quantitative estimate of drug-likeness (QED) is 0.946. The first kappa shape index (κ1) is 14.8. The van der Waals surface area contributed by atoms with E-state index in [2.05, 4.69) is 17.1 Å². The molecular formula is C19H24N2O2. The predicted molar refractivity (Wildman–Crippen MR) is 90.8 cm³/mol. The van der Waals surface area contributed by atoms with Gasteiger partial charge >= 0.3 is 0 Å². The summed E-state index contributed by atoms with van der Waals surface area (Å²) in [4.78, 5) is 18.3. The Morgan fingerprint density at radius 2 is 2.22 bits per heavy atom. The van der Waals surface area contributed by atoms with Crippen molar-refractivity contribution in [1.29, 1.82) is 0 Å². The Kier molecular flexibility index (Phi) is 3.85. The number of aromatic amines is 1. The van der Waals surface area contributed by atoms with E-state index in [1.54, 1.807) is 7.11 Å². The first-order valence-corrected chi connectivity index (χ1v) is 8.68. The number of likely N-dealkylation sites (tertiary alicyclic amines) is 1. The lowest BCUT2D eigenvalue weighted by Crippen LogP contribution is -2.29. The molecule has 4 rings (SSSR count). The number of ether oxygens (including phenoxy) is 1. The second-order valence-corrected chi connectivity index (χ2v) is 6.91. The Morgan fingerprint density at radius 3 is 3.09 bits per heavy atom. The molecule has 2 aromatic rings. The summed E-state index contributed by atoms with van der Waals surface area (Å²) in [5.41, 5.74) is 4.80. The van der Waals surface area contributed by atoms with Crippen LogP contribution in [0.5, 0.6) is 0 Å². The van der Waals surface area contributed by atoms with Crippen molar-refractivity contribution >= 4 is 16.8 Å². The van der Waals surface area contributed by atoms with Crippen LogP contribution in [0.3, 0.4) is 0 Å². The van der Waals surface area contributed by atoms with Crippen molar-refractivity contribution in [3.8, 4) is 0 Å². The fraction of sp³-hybridized carbons (Fsp3) is 0.526. The van der Waals surface area contributed by atoms with Gasteiger partial charge in [-0.2, -0.15) is 0 Å². The first-order chi connectivity index (χ1) is 11.3. The van der Waals surface area contributed by atoms with Crippen molar-refractivity contribution in [3.63, 3.8) is 0 Å². The minimum Gasteiger partial charge on any atom is -0.384 e. The van der Waals surface area contributed by atoms with Gasteiger partial charge in [0.15, 0.2) is 0 Å². The highest BCUT2D eigenvalue weighted by molar-refractivity contribution is 5.99. The number of amides is 1. The second-order valence-electron chi connectivity index (χ2n) is 6.91. The molecule has 1 aromatic carbocycles. The third-order valence-corrected chi connectivity index (χ3v) is 5.32. The smallest absolute Gasteiger partial charge is 0.253 e. The number of benzene rings is 1. The molecule has 1 saturated heterocycles. The fourth-order valence-electron chi connectivity index (χ4n) is 4.11. The number of aromatic nitrogens is 1. The van der Waals surface area contributed by atoms with Crippen LogP contribution in [0.25, 0.3) is 10.9 Å². The molecule has 1 aliphatic heterocycles. The molecule has 1 amide bonds. The molecule has 1 atom stereocenters. The van der Waals surface area contributed by atoms with Crippen LogP contribution in [0.2, 0.25) is 0 Å². The molecule has 122 valence electrons. The zero-order valence-electron chi connectivity index (χ0n) is 13.7. The molecule has 1 aromatic heterocycles. The van der Waals surface area contributed by atoms with Gasteiger partial charge < -0.3 is 14.6 Å². The fourth-order valence-corrected chi connectivity index (χ4v) is 4.11. The van der Waals surface area contributed by atoms with Crippen molar-refractivity contribution < 1.29 is 9.53 Å². The number of hydrogen-bond acceptors (Lipinski definition) is 2. The molecule has 2 heterocycles.